The first kappa shape index (κ1) is 10.3. The van der Waals surface area contributed by atoms with Crippen LogP contribution >= 0.6 is 0 Å². The van der Waals surface area contributed by atoms with E-state index in [1.165, 1.54) is 17.5 Å². The van der Waals surface area contributed by atoms with E-state index in [1.54, 1.807) is 0 Å². The molecule has 0 aromatic heterocycles. The zero-order chi connectivity index (χ0) is 10.5. The van der Waals surface area contributed by atoms with Crippen LogP contribution in [0.3, 0.4) is 0 Å². The van der Waals surface area contributed by atoms with Crippen molar-refractivity contribution in [2.24, 2.45) is 0 Å². The van der Waals surface area contributed by atoms with Gasteiger partial charge in [0.15, 0.2) is 0 Å². The van der Waals surface area contributed by atoms with Gasteiger partial charge in [-0.1, -0.05) is 37.6 Å². The van der Waals surface area contributed by atoms with Gasteiger partial charge >= 0.3 is 0 Å². The molecule has 80 valence electrons. The Kier molecular flexibility index (Phi) is 3.44. The molecule has 15 heavy (non-hydrogen) atoms. The molecule has 1 aliphatic carbocycles. The predicted molar refractivity (Wildman–Crippen MR) is 63.6 cm³/mol. The van der Waals surface area contributed by atoms with Crippen molar-refractivity contribution in [1.82, 2.24) is 0 Å². The Bertz CT molecular complexity index is 352. The molecule has 0 unspecified atom stereocenters. The summed E-state index contributed by atoms with van der Waals surface area (Å²) < 4.78 is 5.81. The molecule has 0 N–H and O–H groups in total. The van der Waals surface area contributed by atoms with Gasteiger partial charge in [0.05, 0.1) is 6.61 Å². The maximum Gasteiger partial charge on any atom is 0.122 e. The van der Waals surface area contributed by atoms with Crippen LogP contribution in [0.1, 0.15) is 37.3 Å². The van der Waals surface area contributed by atoms with Crippen LogP contribution in [0.5, 0.6) is 0 Å². The van der Waals surface area contributed by atoms with Crippen LogP contribution in [0.4, 0.5) is 0 Å². The summed E-state index contributed by atoms with van der Waals surface area (Å²) in [6.45, 7) is 3.03. The average Bonchev–Trinajstić information content (AvgIpc) is 2.30. The van der Waals surface area contributed by atoms with Crippen LogP contribution in [0.2, 0.25) is 0 Å². The molecular weight excluding hydrogens is 184 g/mol. The summed E-state index contributed by atoms with van der Waals surface area (Å²) in [5.74, 6) is 1.09. The molecule has 2 rings (SSSR count). The van der Waals surface area contributed by atoms with E-state index < -0.39 is 0 Å². The van der Waals surface area contributed by atoms with Gasteiger partial charge in [0.1, 0.15) is 5.76 Å². The van der Waals surface area contributed by atoms with Crippen molar-refractivity contribution in [2.45, 2.75) is 32.6 Å². The molecule has 0 amide bonds. The molecule has 1 aromatic carbocycles. The number of allylic oxidation sites excluding steroid dienone is 1. The summed E-state index contributed by atoms with van der Waals surface area (Å²) in [4.78, 5) is 0. The number of ether oxygens (including phenoxy) is 1. The van der Waals surface area contributed by atoms with Gasteiger partial charge in [-0.2, -0.15) is 0 Å². The molecule has 1 nitrogen and oxygen atoms in total. The summed E-state index contributed by atoms with van der Waals surface area (Å²) in [5.41, 5.74) is 2.71. The fourth-order valence-corrected chi connectivity index (χ4v) is 1.91. The second kappa shape index (κ2) is 5.01. The highest BCUT2D eigenvalue weighted by Crippen LogP contribution is 2.26. The Hall–Kier alpha value is -1.24. The standard InChI is InChI=1S/C14H18O/c1-2-3-11-15-14-10-6-8-12-7-4-5-9-13(12)14/h4-5,7,9-10H,2-3,6,8,11H2,1H3. The molecule has 0 atom stereocenters. The van der Waals surface area contributed by atoms with Gasteiger partial charge in [0.2, 0.25) is 0 Å². The number of benzene rings is 1. The van der Waals surface area contributed by atoms with Gasteiger partial charge in [-0.15, -0.1) is 0 Å². The van der Waals surface area contributed by atoms with Gasteiger partial charge in [0.25, 0.3) is 0 Å². The molecule has 0 radical (unpaired) electrons. The zero-order valence-electron chi connectivity index (χ0n) is 9.33. The number of hydrogen-bond acceptors (Lipinski definition) is 1. The Labute approximate surface area is 91.8 Å². The molecule has 1 aromatic rings. The quantitative estimate of drug-likeness (QED) is 0.675. The number of unbranched alkanes of at least 4 members (excludes halogenated alkanes) is 1. The van der Waals surface area contributed by atoms with E-state index in [0.29, 0.717) is 0 Å². The highest BCUT2D eigenvalue weighted by atomic mass is 16.5. The second-order valence-corrected chi connectivity index (χ2v) is 3.97. The van der Waals surface area contributed by atoms with Crippen molar-refractivity contribution in [2.75, 3.05) is 6.61 Å². The minimum Gasteiger partial charge on any atom is -0.493 e. The van der Waals surface area contributed by atoms with E-state index in [0.717, 1.165) is 31.6 Å². The van der Waals surface area contributed by atoms with Gasteiger partial charge < -0.3 is 4.74 Å². The lowest BCUT2D eigenvalue weighted by molar-refractivity contribution is 0.268. The van der Waals surface area contributed by atoms with E-state index in [-0.39, 0.29) is 0 Å². The summed E-state index contributed by atoms with van der Waals surface area (Å²) in [7, 11) is 0. The summed E-state index contributed by atoms with van der Waals surface area (Å²) in [6, 6.07) is 8.55. The molecular formula is C14H18O. The third-order valence-corrected chi connectivity index (χ3v) is 2.78. The molecule has 0 aliphatic heterocycles. The smallest absolute Gasteiger partial charge is 0.122 e. The van der Waals surface area contributed by atoms with E-state index in [9.17, 15) is 0 Å². The fraction of sp³-hybridized carbons (Fsp3) is 0.429. The topological polar surface area (TPSA) is 9.23 Å². The van der Waals surface area contributed by atoms with Crippen molar-refractivity contribution in [3.8, 4) is 0 Å². The minimum absolute atomic E-state index is 0.844. The van der Waals surface area contributed by atoms with Gasteiger partial charge in [-0.05, 0) is 30.9 Å². The summed E-state index contributed by atoms with van der Waals surface area (Å²) >= 11 is 0. The summed E-state index contributed by atoms with van der Waals surface area (Å²) in [5, 5.41) is 0. The van der Waals surface area contributed by atoms with Crippen LogP contribution in [-0.4, -0.2) is 6.61 Å². The van der Waals surface area contributed by atoms with Crippen molar-refractivity contribution in [3.63, 3.8) is 0 Å². The highest BCUT2D eigenvalue weighted by Gasteiger charge is 2.12. The Morgan fingerprint density at radius 1 is 1.27 bits per heavy atom. The van der Waals surface area contributed by atoms with Crippen LogP contribution in [0, 0.1) is 0 Å². The lowest BCUT2D eigenvalue weighted by Gasteiger charge is -2.18. The lowest BCUT2D eigenvalue weighted by atomic mass is 9.96. The molecule has 0 saturated carbocycles. The summed E-state index contributed by atoms with van der Waals surface area (Å²) in [6.07, 6.45) is 6.81. The van der Waals surface area contributed by atoms with Crippen molar-refractivity contribution >= 4 is 5.76 Å². The normalized spacial score (nSPS) is 14.3. The van der Waals surface area contributed by atoms with E-state index in [4.69, 9.17) is 4.74 Å². The third kappa shape index (κ3) is 2.41. The number of fused-ring (bicyclic) bond motifs is 1. The fourth-order valence-electron chi connectivity index (χ4n) is 1.91. The maximum atomic E-state index is 5.81. The number of rotatable bonds is 4. The monoisotopic (exact) mass is 202 g/mol. The first-order valence-corrected chi connectivity index (χ1v) is 5.83. The Balaban J connectivity index is 2.09. The maximum absolute atomic E-state index is 5.81. The van der Waals surface area contributed by atoms with Crippen molar-refractivity contribution in [1.29, 1.82) is 0 Å². The first-order valence-electron chi connectivity index (χ1n) is 5.83. The zero-order valence-corrected chi connectivity index (χ0v) is 9.33. The molecule has 0 spiro atoms. The largest absolute Gasteiger partial charge is 0.493 e. The molecule has 1 aliphatic rings. The van der Waals surface area contributed by atoms with Crippen molar-refractivity contribution in [3.05, 3.63) is 41.5 Å². The highest BCUT2D eigenvalue weighted by molar-refractivity contribution is 5.64. The minimum atomic E-state index is 0.844. The second-order valence-electron chi connectivity index (χ2n) is 3.97. The Morgan fingerprint density at radius 3 is 3.00 bits per heavy atom. The predicted octanol–water partition coefficient (Wildman–Crippen LogP) is 3.79. The Morgan fingerprint density at radius 2 is 2.13 bits per heavy atom. The molecule has 0 bridgehead atoms. The third-order valence-electron chi connectivity index (χ3n) is 2.78. The average molecular weight is 202 g/mol. The molecule has 0 fully saturated rings. The molecule has 0 heterocycles. The SMILES string of the molecule is CCCCOC1=CCCc2ccccc21. The van der Waals surface area contributed by atoms with Crippen LogP contribution in [0.25, 0.3) is 5.76 Å². The van der Waals surface area contributed by atoms with Crippen LogP contribution < -0.4 is 0 Å². The number of aryl methyl sites for hydroxylation is 1. The first-order chi connectivity index (χ1) is 7.42. The lowest BCUT2D eigenvalue weighted by Crippen LogP contribution is -2.03. The molecule has 0 saturated heterocycles. The van der Waals surface area contributed by atoms with E-state index >= 15 is 0 Å². The van der Waals surface area contributed by atoms with E-state index in [1.807, 2.05) is 0 Å². The molecule has 1 heteroatoms. The van der Waals surface area contributed by atoms with Gasteiger partial charge in [-0.25, -0.2) is 0 Å². The van der Waals surface area contributed by atoms with Gasteiger partial charge in [0, 0.05) is 5.56 Å². The van der Waals surface area contributed by atoms with Crippen LogP contribution in [0.15, 0.2) is 30.3 Å². The van der Waals surface area contributed by atoms with Crippen molar-refractivity contribution < 1.29 is 4.74 Å². The van der Waals surface area contributed by atoms with E-state index in [2.05, 4.69) is 37.3 Å². The van der Waals surface area contributed by atoms with Gasteiger partial charge in [-0.3, -0.25) is 0 Å². The number of hydrogen-bond donors (Lipinski definition) is 0. The van der Waals surface area contributed by atoms with Crippen LogP contribution in [-0.2, 0) is 11.2 Å².